The molecule has 0 aliphatic heterocycles. The van der Waals surface area contributed by atoms with E-state index in [1.54, 1.807) is 0 Å². The van der Waals surface area contributed by atoms with Gasteiger partial charge in [0.1, 0.15) is 0 Å². The number of carboxylic acid groups (broad SMARTS) is 1. The molecule has 0 heterocycles. The van der Waals surface area contributed by atoms with Crippen LogP contribution in [-0.2, 0) is 4.79 Å². The fourth-order valence-electron chi connectivity index (χ4n) is 2.65. The van der Waals surface area contributed by atoms with Crippen LogP contribution in [0.25, 0.3) is 0 Å². The molecule has 0 spiro atoms. The van der Waals surface area contributed by atoms with Crippen LogP contribution in [0.1, 0.15) is 23.5 Å². The molecule has 3 aromatic rings. The Labute approximate surface area is 185 Å². The van der Waals surface area contributed by atoms with Gasteiger partial charge in [0.2, 0.25) is 0 Å². The first-order valence-corrected chi connectivity index (χ1v) is 13.0. The van der Waals surface area contributed by atoms with Crippen molar-refractivity contribution >= 4 is 13.8 Å². The van der Waals surface area contributed by atoms with Crippen molar-refractivity contribution in [3.63, 3.8) is 0 Å². The van der Waals surface area contributed by atoms with Crippen LogP contribution >= 0.6 is 7.81 Å². The third kappa shape index (κ3) is 11.7. The molecule has 31 heavy (non-hydrogen) atoms. The average Bonchev–Trinajstić information content (AvgIpc) is 2.66. The molecule has 0 aromatic heterocycles. The number of halogens is 7. The fraction of sp³-hybridized carbons (Fsp3) is 0.0952. The van der Waals surface area contributed by atoms with E-state index in [2.05, 4.69) is 48.5 Å². The largest absolute Gasteiger partial charge is 0.481 e. The summed E-state index contributed by atoms with van der Waals surface area (Å²) in [5, 5.41) is 9.26. The zero-order valence-electron chi connectivity index (χ0n) is 15.8. The van der Waals surface area contributed by atoms with Gasteiger partial charge in [-0.25, -0.2) is 0 Å². The van der Waals surface area contributed by atoms with E-state index in [0.29, 0.717) is 0 Å². The Bertz CT molecular complexity index is 984. The first-order valence-electron chi connectivity index (χ1n) is 8.80. The number of rotatable bonds is 6. The van der Waals surface area contributed by atoms with Gasteiger partial charge in [0.15, 0.2) is 7.14 Å². The summed E-state index contributed by atoms with van der Waals surface area (Å²) in [6.45, 7) is 0. The van der Waals surface area contributed by atoms with Crippen molar-refractivity contribution < 1.29 is 56.3 Å². The summed E-state index contributed by atoms with van der Waals surface area (Å²) >= 11 is -0.193. The van der Waals surface area contributed by atoms with Gasteiger partial charge in [0.05, 0.1) is 6.42 Å². The molecule has 3 aromatic carbocycles. The van der Waals surface area contributed by atoms with Gasteiger partial charge in [0.25, 0.3) is 0 Å². The quantitative estimate of drug-likeness (QED) is 0.261. The van der Waals surface area contributed by atoms with E-state index in [0.717, 1.165) is 11.1 Å². The van der Waals surface area contributed by atoms with E-state index in [9.17, 15) is 35.1 Å². The van der Waals surface area contributed by atoms with E-state index in [1.807, 2.05) is 36.4 Å². The summed E-state index contributed by atoms with van der Waals surface area (Å²) in [5.41, 5.74) is 2.11. The number of carbonyl (C=O) groups is 1. The molecule has 0 fully saturated rings. The van der Waals surface area contributed by atoms with Crippen molar-refractivity contribution in [2.75, 3.05) is 0 Å². The third-order valence-corrected chi connectivity index (χ3v) is 6.49. The molecule has 0 saturated heterocycles. The summed E-state index contributed by atoms with van der Waals surface area (Å²) in [5.74, 6) is -0.877. The van der Waals surface area contributed by atoms with Gasteiger partial charge in [-0.15, -0.1) is 0 Å². The second-order valence-corrected chi connectivity index (χ2v) is 11.4. The van der Waals surface area contributed by atoms with Gasteiger partial charge in [-0.1, -0.05) is 60.7 Å². The molecule has 1 N–H and O–H groups in total. The first kappa shape index (κ1) is 25.1. The Balaban J connectivity index is 0.000000423. The Morgan fingerprint density at radius 1 is 0.710 bits per heavy atom. The van der Waals surface area contributed by atoms with Gasteiger partial charge >= 0.3 is 60.2 Å². The molecule has 0 saturated carbocycles. The van der Waals surface area contributed by atoms with Gasteiger partial charge in [-0.3, -0.25) is 4.79 Å². The molecule has 0 aliphatic carbocycles. The van der Waals surface area contributed by atoms with Crippen molar-refractivity contribution in [1.82, 2.24) is 0 Å². The maximum Gasteiger partial charge on any atom is 0.357 e. The molecule has 0 aliphatic rings. The minimum absolute atomic E-state index is 0.104. The first-order chi connectivity index (χ1) is 14.2. The molecule has 0 bridgehead atoms. The topological polar surface area (TPSA) is 37.3 Å². The van der Waals surface area contributed by atoms with Gasteiger partial charge in [-0.2, -0.15) is 0 Å². The molecule has 2 nitrogen and oxygen atoms in total. The number of hydrogen-bond acceptors (Lipinski definition) is 1. The maximum absolute atomic E-state index is 11.3. The molecule has 0 amide bonds. The van der Waals surface area contributed by atoms with Crippen LogP contribution in [0.5, 0.6) is 0 Å². The Morgan fingerprint density at radius 3 is 1.55 bits per heavy atom. The summed E-state index contributed by atoms with van der Waals surface area (Å²) in [6.07, 6.45) is 0.108. The molecule has 168 valence electrons. The van der Waals surface area contributed by atoms with Crippen LogP contribution in [0.15, 0.2) is 84.9 Å². The molecule has 1 unspecified atom stereocenters. The second-order valence-electron chi connectivity index (χ2n) is 6.46. The fourth-order valence-corrected chi connectivity index (χ4v) is 4.86. The molecule has 3 rings (SSSR count). The van der Waals surface area contributed by atoms with Gasteiger partial charge < -0.3 is 5.11 Å². The minimum Gasteiger partial charge on any atom is -0.481 e. The van der Waals surface area contributed by atoms with Crippen LogP contribution < -0.4 is 21.2 Å². The average molecular weight is 574 g/mol. The van der Waals surface area contributed by atoms with Gasteiger partial charge in [0, 0.05) is 5.92 Å². The number of hydrogen-bond donors (Lipinski definition) is 1. The van der Waals surface area contributed by atoms with Gasteiger partial charge in [-0.05, 0) is 35.4 Å². The van der Waals surface area contributed by atoms with Crippen LogP contribution in [0.2, 0.25) is 0 Å². The second kappa shape index (κ2) is 9.16. The van der Waals surface area contributed by atoms with E-state index in [4.69, 9.17) is 0 Å². The smallest absolute Gasteiger partial charge is 0.357 e. The summed E-state index contributed by atoms with van der Waals surface area (Å²) in [6, 6.07) is 28.8. The van der Waals surface area contributed by atoms with Crippen molar-refractivity contribution in [3.8, 4) is 0 Å². The Kier molecular flexibility index (Phi) is 7.43. The van der Waals surface area contributed by atoms with Crippen molar-refractivity contribution in [2.45, 2.75) is 12.3 Å². The third-order valence-electron chi connectivity index (χ3n) is 3.80. The van der Waals surface area contributed by atoms with E-state index < -0.39 is 13.8 Å². The summed E-state index contributed by atoms with van der Waals surface area (Å²) in [7, 11) is -10.7. The Morgan fingerprint density at radius 2 is 1.10 bits per heavy atom. The van der Waals surface area contributed by atoms with Crippen molar-refractivity contribution in [2.24, 2.45) is 0 Å². The standard InChI is InChI=1S/C21H17IO2.F6P/c23-21(24)15-20(16-7-3-1-4-8-16)17-11-13-19(14-12-17)22-18-9-5-2-6-10-18;1-7(2,3,4,5)6/h1-14,20H,15H2;/q;-1/p+1. The normalized spacial score (nSPS) is 14.4. The monoisotopic (exact) mass is 574 g/mol. The molecular formula is C21H18F6IO2P. The van der Waals surface area contributed by atoms with Crippen LogP contribution in [-0.4, -0.2) is 11.1 Å². The van der Waals surface area contributed by atoms with Crippen molar-refractivity contribution in [3.05, 3.63) is 103 Å². The predicted molar refractivity (Wildman–Crippen MR) is 104 cm³/mol. The van der Waals surface area contributed by atoms with Crippen LogP contribution in [0.3, 0.4) is 0 Å². The van der Waals surface area contributed by atoms with E-state index in [1.165, 1.54) is 7.14 Å². The van der Waals surface area contributed by atoms with E-state index >= 15 is 0 Å². The number of carboxylic acids is 1. The summed E-state index contributed by atoms with van der Waals surface area (Å²) in [4.78, 5) is 11.3. The molecule has 10 heteroatoms. The van der Waals surface area contributed by atoms with Crippen molar-refractivity contribution in [1.29, 1.82) is 0 Å². The number of aliphatic carboxylic acids is 1. The van der Waals surface area contributed by atoms with Crippen LogP contribution in [0, 0.1) is 7.14 Å². The summed E-state index contributed by atoms with van der Waals surface area (Å²) < 4.78 is 61.9. The molecular weight excluding hydrogens is 556 g/mol. The minimum atomic E-state index is -10.7. The zero-order valence-corrected chi connectivity index (χ0v) is 18.9. The predicted octanol–water partition coefficient (Wildman–Crippen LogP) is 4.80. The maximum atomic E-state index is 11.3. The molecule has 0 radical (unpaired) electrons. The zero-order chi connectivity index (χ0) is 23.2. The Hall–Kier alpha value is -2.13. The van der Waals surface area contributed by atoms with Crippen LogP contribution in [0.4, 0.5) is 25.2 Å². The number of benzene rings is 3. The SMILES string of the molecule is F[P-](F)(F)(F)(F)F.O=C(O)CC(c1ccccc1)c1ccc([I+]c2ccccc2)cc1. The molecule has 1 atom stereocenters. The van der Waals surface area contributed by atoms with E-state index in [-0.39, 0.29) is 33.5 Å².